The topological polar surface area (TPSA) is 54.5 Å². The zero-order valence-corrected chi connectivity index (χ0v) is 14.5. The lowest BCUT2D eigenvalue weighted by atomic mass is 10.0. The summed E-state index contributed by atoms with van der Waals surface area (Å²) in [5.41, 5.74) is 0.265. The van der Waals surface area contributed by atoms with Crippen molar-refractivity contribution in [1.82, 2.24) is 9.88 Å². The van der Waals surface area contributed by atoms with Gasteiger partial charge in [0.05, 0.1) is 17.3 Å². The fraction of sp³-hybridized carbons (Fsp3) is 0.600. The van der Waals surface area contributed by atoms with Crippen LogP contribution in [0.2, 0.25) is 0 Å². The van der Waals surface area contributed by atoms with E-state index in [1.165, 1.54) is 0 Å². The molecule has 21 heavy (non-hydrogen) atoms. The first-order valence-corrected chi connectivity index (χ1v) is 7.98. The van der Waals surface area contributed by atoms with Crippen LogP contribution in [0.15, 0.2) is 16.7 Å². The largest absolute Gasteiger partial charge is 0.370 e. The first kappa shape index (κ1) is 16.2. The molecule has 1 unspecified atom stereocenters. The highest BCUT2D eigenvalue weighted by Gasteiger charge is 2.34. The summed E-state index contributed by atoms with van der Waals surface area (Å²) in [7, 11) is 0. The van der Waals surface area contributed by atoms with E-state index in [1.54, 1.807) is 6.20 Å². The van der Waals surface area contributed by atoms with Gasteiger partial charge >= 0.3 is 0 Å². The normalized spacial score (nSPS) is 21.2. The number of rotatable bonds is 3. The lowest BCUT2D eigenvalue weighted by molar-refractivity contribution is -0.118. The molecule has 1 fully saturated rings. The van der Waals surface area contributed by atoms with E-state index in [0.29, 0.717) is 24.5 Å². The third-order valence-electron chi connectivity index (χ3n) is 3.29. The molecule has 0 radical (unpaired) electrons. The summed E-state index contributed by atoms with van der Waals surface area (Å²) in [6, 6.07) is 1.82. The Kier molecular flexibility index (Phi) is 4.88. The number of carbonyl (C=O) groups excluding carboxylic acids is 1. The maximum atomic E-state index is 12.9. The Labute approximate surface area is 134 Å². The number of carbonyl (C=O) groups is 1. The number of nitrogens with zero attached hydrogens (tertiary/aromatic N) is 2. The van der Waals surface area contributed by atoms with Crippen molar-refractivity contribution in [3.05, 3.63) is 22.3 Å². The van der Waals surface area contributed by atoms with Crippen LogP contribution in [0.5, 0.6) is 0 Å². The Balaban J connectivity index is 2.29. The van der Waals surface area contributed by atoms with E-state index in [2.05, 4.69) is 26.2 Å². The number of amides is 1. The van der Waals surface area contributed by atoms with Crippen LogP contribution in [0.4, 0.5) is 5.82 Å². The van der Waals surface area contributed by atoms with E-state index < -0.39 is 0 Å². The molecule has 1 aliphatic rings. The monoisotopic (exact) mass is 355 g/mol. The van der Waals surface area contributed by atoms with Crippen LogP contribution in [-0.2, 0) is 4.74 Å². The van der Waals surface area contributed by atoms with E-state index >= 15 is 0 Å². The Hall–Kier alpha value is -1.14. The molecule has 1 N–H and O–H groups in total. The quantitative estimate of drug-likeness (QED) is 0.905. The molecule has 2 heterocycles. The molecule has 1 atom stereocenters. The number of halogens is 1. The fourth-order valence-corrected chi connectivity index (χ4v) is 3.02. The Bertz CT molecular complexity index is 534. The first-order valence-electron chi connectivity index (χ1n) is 7.19. The molecule has 1 aromatic heterocycles. The van der Waals surface area contributed by atoms with Crippen molar-refractivity contribution in [2.75, 3.05) is 25.0 Å². The third-order valence-corrected chi connectivity index (χ3v) is 3.72. The van der Waals surface area contributed by atoms with Gasteiger partial charge in [-0.15, -0.1) is 0 Å². The molecule has 0 spiro atoms. The predicted molar refractivity (Wildman–Crippen MR) is 86.6 cm³/mol. The number of hydrogen-bond acceptors (Lipinski definition) is 4. The highest BCUT2D eigenvalue weighted by Crippen LogP contribution is 2.25. The number of pyridine rings is 1. The fourth-order valence-electron chi connectivity index (χ4n) is 2.69. The van der Waals surface area contributed by atoms with Gasteiger partial charge in [-0.2, -0.15) is 0 Å². The van der Waals surface area contributed by atoms with Gasteiger partial charge in [0.25, 0.3) is 5.91 Å². The second-order valence-corrected chi connectivity index (χ2v) is 6.87. The van der Waals surface area contributed by atoms with Crippen molar-refractivity contribution in [2.24, 2.45) is 0 Å². The summed E-state index contributed by atoms with van der Waals surface area (Å²) in [5.74, 6) is 0.616. The Morgan fingerprint density at radius 2 is 2.33 bits per heavy atom. The van der Waals surface area contributed by atoms with Crippen molar-refractivity contribution in [3.8, 4) is 0 Å². The second kappa shape index (κ2) is 6.32. The van der Waals surface area contributed by atoms with Gasteiger partial charge in [-0.1, -0.05) is 0 Å². The van der Waals surface area contributed by atoms with Crippen LogP contribution in [0.3, 0.4) is 0 Å². The minimum Gasteiger partial charge on any atom is -0.370 e. The molecule has 0 aromatic carbocycles. The van der Waals surface area contributed by atoms with E-state index in [1.807, 2.05) is 38.7 Å². The smallest absolute Gasteiger partial charge is 0.257 e. The predicted octanol–water partition coefficient (Wildman–Crippen LogP) is 2.92. The van der Waals surface area contributed by atoms with Crippen molar-refractivity contribution in [2.45, 2.75) is 39.4 Å². The number of hydrogen-bond donors (Lipinski definition) is 1. The van der Waals surface area contributed by atoms with Gasteiger partial charge in [0.15, 0.2) is 0 Å². The van der Waals surface area contributed by atoms with Crippen LogP contribution < -0.4 is 5.32 Å². The molecule has 1 aliphatic heterocycles. The van der Waals surface area contributed by atoms with Gasteiger partial charge < -0.3 is 15.0 Å². The van der Waals surface area contributed by atoms with E-state index in [0.717, 1.165) is 11.0 Å². The van der Waals surface area contributed by atoms with Crippen molar-refractivity contribution >= 4 is 27.7 Å². The Morgan fingerprint density at radius 3 is 2.95 bits per heavy atom. The summed E-state index contributed by atoms with van der Waals surface area (Å²) in [6.45, 7) is 9.89. The van der Waals surface area contributed by atoms with Gasteiger partial charge in [-0.3, -0.25) is 4.79 Å². The zero-order valence-electron chi connectivity index (χ0n) is 12.9. The van der Waals surface area contributed by atoms with Crippen LogP contribution in [0.1, 0.15) is 38.1 Å². The Morgan fingerprint density at radius 1 is 1.62 bits per heavy atom. The molecule has 6 heteroatoms. The van der Waals surface area contributed by atoms with E-state index in [4.69, 9.17) is 4.74 Å². The SMILES string of the molecule is CCNc1ncc(Br)cc1C(=O)N1CC(C)OC(C)(C)C1. The van der Waals surface area contributed by atoms with E-state index in [9.17, 15) is 4.79 Å². The van der Waals surface area contributed by atoms with Gasteiger partial charge in [0.2, 0.25) is 0 Å². The first-order chi connectivity index (χ1) is 9.82. The molecule has 2 rings (SSSR count). The number of anilines is 1. The lowest BCUT2D eigenvalue weighted by Gasteiger charge is -2.41. The zero-order chi connectivity index (χ0) is 15.6. The van der Waals surface area contributed by atoms with Crippen LogP contribution in [-0.4, -0.2) is 47.1 Å². The molecular weight excluding hydrogens is 334 g/mol. The third kappa shape index (κ3) is 3.95. The number of ether oxygens (including phenoxy) is 1. The molecule has 1 aromatic rings. The average molecular weight is 356 g/mol. The molecule has 0 saturated carbocycles. The van der Waals surface area contributed by atoms with Crippen LogP contribution >= 0.6 is 15.9 Å². The number of aromatic nitrogens is 1. The van der Waals surface area contributed by atoms with Crippen molar-refractivity contribution in [1.29, 1.82) is 0 Å². The standard InChI is InChI=1S/C15H22BrN3O2/c1-5-17-13-12(6-11(16)7-18-13)14(20)19-8-10(2)21-15(3,4)9-19/h6-7,10H,5,8-9H2,1-4H3,(H,17,18). The molecule has 0 bridgehead atoms. The van der Waals surface area contributed by atoms with Gasteiger partial charge in [0, 0.05) is 30.3 Å². The maximum Gasteiger partial charge on any atom is 0.257 e. The number of morpholine rings is 1. The van der Waals surface area contributed by atoms with Gasteiger partial charge in [-0.25, -0.2) is 4.98 Å². The van der Waals surface area contributed by atoms with Gasteiger partial charge in [0.1, 0.15) is 5.82 Å². The average Bonchev–Trinajstić information content (AvgIpc) is 2.38. The van der Waals surface area contributed by atoms with Gasteiger partial charge in [-0.05, 0) is 49.7 Å². The minimum absolute atomic E-state index is 0.0111. The highest BCUT2D eigenvalue weighted by molar-refractivity contribution is 9.10. The highest BCUT2D eigenvalue weighted by atomic mass is 79.9. The summed E-state index contributed by atoms with van der Waals surface area (Å²) >= 11 is 3.39. The molecule has 116 valence electrons. The summed E-state index contributed by atoms with van der Waals surface area (Å²) in [4.78, 5) is 19.0. The van der Waals surface area contributed by atoms with Crippen LogP contribution in [0.25, 0.3) is 0 Å². The molecule has 0 aliphatic carbocycles. The minimum atomic E-state index is -0.328. The lowest BCUT2D eigenvalue weighted by Crippen LogP contribution is -2.53. The van der Waals surface area contributed by atoms with Crippen molar-refractivity contribution in [3.63, 3.8) is 0 Å². The molecular formula is C15H22BrN3O2. The summed E-state index contributed by atoms with van der Waals surface area (Å²) < 4.78 is 6.66. The van der Waals surface area contributed by atoms with Crippen molar-refractivity contribution < 1.29 is 9.53 Å². The summed E-state index contributed by atoms with van der Waals surface area (Å²) in [5, 5.41) is 3.14. The summed E-state index contributed by atoms with van der Waals surface area (Å²) in [6.07, 6.45) is 1.72. The van der Waals surface area contributed by atoms with Crippen LogP contribution in [0, 0.1) is 0 Å². The molecule has 1 amide bonds. The molecule has 1 saturated heterocycles. The van der Waals surface area contributed by atoms with E-state index in [-0.39, 0.29) is 17.6 Å². The second-order valence-electron chi connectivity index (χ2n) is 5.95. The maximum absolute atomic E-state index is 12.9. The molecule has 5 nitrogen and oxygen atoms in total. The number of nitrogens with one attached hydrogen (secondary N) is 1.